The molecule has 0 radical (unpaired) electrons. The van der Waals surface area contributed by atoms with E-state index in [4.69, 9.17) is 9.47 Å². The van der Waals surface area contributed by atoms with Gasteiger partial charge < -0.3 is 25.0 Å². The van der Waals surface area contributed by atoms with Gasteiger partial charge >= 0.3 is 0 Å². The van der Waals surface area contributed by atoms with E-state index in [2.05, 4.69) is 20.6 Å². The van der Waals surface area contributed by atoms with Gasteiger partial charge in [-0.3, -0.25) is 4.99 Å². The molecule has 0 amide bonds. The SMILES string of the molecule is CCOc1cc(NC(=NC)NCc2csc(N(C)C)n2)ccc1OC.I. The van der Waals surface area contributed by atoms with Crippen molar-refractivity contribution in [2.75, 3.05) is 45.1 Å². The van der Waals surface area contributed by atoms with E-state index >= 15 is 0 Å². The quantitative estimate of drug-likeness (QED) is 0.352. The smallest absolute Gasteiger partial charge is 0.195 e. The first-order chi connectivity index (χ1) is 12.1. The third-order valence-corrected chi connectivity index (χ3v) is 4.37. The summed E-state index contributed by atoms with van der Waals surface area (Å²) in [4.78, 5) is 10.8. The molecule has 0 bridgehead atoms. The minimum Gasteiger partial charge on any atom is -0.493 e. The van der Waals surface area contributed by atoms with E-state index in [1.807, 2.05) is 49.5 Å². The molecule has 0 aliphatic rings. The van der Waals surface area contributed by atoms with Gasteiger partial charge in [0.25, 0.3) is 0 Å². The monoisotopic (exact) mass is 491 g/mol. The van der Waals surface area contributed by atoms with Gasteiger partial charge in [-0.2, -0.15) is 0 Å². The van der Waals surface area contributed by atoms with Crippen molar-refractivity contribution < 1.29 is 9.47 Å². The van der Waals surface area contributed by atoms with E-state index in [9.17, 15) is 0 Å². The summed E-state index contributed by atoms with van der Waals surface area (Å²) in [5, 5.41) is 9.53. The number of anilines is 2. The summed E-state index contributed by atoms with van der Waals surface area (Å²) in [6.45, 7) is 3.11. The molecule has 1 heterocycles. The van der Waals surface area contributed by atoms with Crippen LogP contribution < -0.4 is 25.0 Å². The molecule has 7 nitrogen and oxygen atoms in total. The van der Waals surface area contributed by atoms with Gasteiger partial charge in [-0.25, -0.2) is 4.98 Å². The van der Waals surface area contributed by atoms with Gasteiger partial charge in [0.2, 0.25) is 0 Å². The molecule has 2 N–H and O–H groups in total. The Balaban J connectivity index is 0.00000338. The molecule has 0 atom stereocenters. The molecule has 0 unspecified atom stereocenters. The van der Waals surface area contributed by atoms with Gasteiger partial charge in [0.15, 0.2) is 22.6 Å². The van der Waals surface area contributed by atoms with Gasteiger partial charge in [-0.05, 0) is 19.1 Å². The third kappa shape index (κ3) is 6.20. The van der Waals surface area contributed by atoms with Crippen molar-refractivity contribution in [1.29, 1.82) is 0 Å². The van der Waals surface area contributed by atoms with Crippen molar-refractivity contribution in [2.24, 2.45) is 4.99 Å². The number of halogens is 1. The molecule has 2 aromatic rings. The molecule has 2 rings (SSSR count). The molecule has 0 aliphatic heterocycles. The Morgan fingerprint density at radius 1 is 1.31 bits per heavy atom. The maximum absolute atomic E-state index is 5.60. The maximum Gasteiger partial charge on any atom is 0.195 e. The Kier molecular flexibility index (Phi) is 9.49. The topological polar surface area (TPSA) is 71.0 Å². The van der Waals surface area contributed by atoms with Crippen molar-refractivity contribution in [1.82, 2.24) is 10.3 Å². The lowest BCUT2D eigenvalue weighted by molar-refractivity contribution is 0.311. The van der Waals surface area contributed by atoms with Crippen LogP contribution >= 0.6 is 35.3 Å². The molecule has 0 saturated carbocycles. The summed E-state index contributed by atoms with van der Waals surface area (Å²) in [6.07, 6.45) is 0. The van der Waals surface area contributed by atoms with Crippen LogP contribution in [0, 0.1) is 0 Å². The van der Waals surface area contributed by atoms with Crippen LogP contribution in [0.1, 0.15) is 12.6 Å². The molecule has 26 heavy (non-hydrogen) atoms. The van der Waals surface area contributed by atoms with Gasteiger partial charge in [0, 0.05) is 38.3 Å². The fraction of sp³-hybridized carbons (Fsp3) is 0.412. The molecule has 1 aromatic carbocycles. The second-order valence-electron chi connectivity index (χ2n) is 5.37. The van der Waals surface area contributed by atoms with Crippen molar-refractivity contribution in [3.8, 4) is 11.5 Å². The molecular weight excluding hydrogens is 465 g/mol. The van der Waals surface area contributed by atoms with Gasteiger partial charge in [-0.1, -0.05) is 0 Å². The van der Waals surface area contributed by atoms with E-state index in [-0.39, 0.29) is 24.0 Å². The predicted molar refractivity (Wildman–Crippen MR) is 120 cm³/mol. The molecule has 144 valence electrons. The number of nitrogens with zero attached hydrogens (tertiary/aromatic N) is 3. The Morgan fingerprint density at radius 2 is 2.08 bits per heavy atom. The Morgan fingerprint density at radius 3 is 2.65 bits per heavy atom. The van der Waals surface area contributed by atoms with Crippen LogP contribution in [0.25, 0.3) is 0 Å². The number of ether oxygens (including phenoxy) is 2. The van der Waals surface area contributed by atoms with Crippen LogP contribution in [0.3, 0.4) is 0 Å². The average molecular weight is 491 g/mol. The summed E-state index contributed by atoms with van der Waals surface area (Å²) in [5.41, 5.74) is 1.84. The van der Waals surface area contributed by atoms with Crippen LogP contribution in [-0.2, 0) is 6.54 Å². The Labute approximate surface area is 175 Å². The van der Waals surface area contributed by atoms with Crippen molar-refractivity contribution >= 4 is 52.1 Å². The molecular formula is C17H26IN5O2S. The lowest BCUT2D eigenvalue weighted by atomic mass is 10.2. The zero-order valence-corrected chi connectivity index (χ0v) is 18.8. The first kappa shape index (κ1) is 22.3. The lowest BCUT2D eigenvalue weighted by Gasteiger charge is -2.14. The highest BCUT2D eigenvalue weighted by molar-refractivity contribution is 14.0. The van der Waals surface area contributed by atoms with Crippen LogP contribution in [0.5, 0.6) is 11.5 Å². The highest BCUT2D eigenvalue weighted by Gasteiger charge is 2.08. The highest BCUT2D eigenvalue weighted by Crippen LogP contribution is 2.30. The number of methoxy groups -OCH3 is 1. The highest BCUT2D eigenvalue weighted by atomic mass is 127. The zero-order valence-electron chi connectivity index (χ0n) is 15.7. The minimum absolute atomic E-state index is 0. The molecule has 0 spiro atoms. The zero-order chi connectivity index (χ0) is 18.2. The van der Waals surface area contributed by atoms with Gasteiger partial charge in [0.1, 0.15) is 0 Å². The normalized spacial score (nSPS) is 10.7. The van der Waals surface area contributed by atoms with Crippen molar-refractivity contribution in [3.63, 3.8) is 0 Å². The standard InChI is InChI=1S/C17H25N5O2S.HI/c1-6-24-15-9-12(7-8-14(15)23-5)20-16(18-2)19-10-13-11-25-17(21-13)22(3)4;/h7-9,11H,6,10H2,1-5H3,(H2,18,19,20);1H. The van der Waals surface area contributed by atoms with E-state index in [0.29, 0.717) is 30.6 Å². The number of hydrogen-bond acceptors (Lipinski definition) is 6. The lowest BCUT2D eigenvalue weighted by Crippen LogP contribution is -2.30. The first-order valence-electron chi connectivity index (χ1n) is 7.97. The summed E-state index contributed by atoms with van der Waals surface area (Å²) >= 11 is 1.62. The van der Waals surface area contributed by atoms with Crippen LogP contribution in [0.2, 0.25) is 0 Å². The number of aliphatic imine (C=N–C) groups is 1. The molecule has 1 aromatic heterocycles. The summed E-state index contributed by atoms with van der Waals surface area (Å²) in [7, 11) is 7.32. The minimum atomic E-state index is 0. The van der Waals surface area contributed by atoms with Gasteiger partial charge in [0.05, 0.1) is 26.0 Å². The van der Waals surface area contributed by atoms with Crippen molar-refractivity contribution in [2.45, 2.75) is 13.5 Å². The number of aromatic nitrogens is 1. The number of benzene rings is 1. The summed E-state index contributed by atoms with van der Waals surface area (Å²) in [6, 6.07) is 5.67. The second-order valence-corrected chi connectivity index (χ2v) is 6.20. The molecule has 0 aliphatic carbocycles. The van der Waals surface area contributed by atoms with E-state index < -0.39 is 0 Å². The van der Waals surface area contributed by atoms with Crippen molar-refractivity contribution in [3.05, 3.63) is 29.3 Å². The summed E-state index contributed by atoms with van der Waals surface area (Å²) in [5.74, 6) is 2.06. The van der Waals surface area contributed by atoms with Gasteiger partial charge in [-0.15, -0.1) is 35.3 Å². The number of hydrogen-bond donors (Lipinski definition) is 2. The molecule has 9 heteroatoms. The number of rotatable bonds is 7. The second kappa shape index (κ2) is 11.1. The van der Waals surface area contributed by atoms with E-state index in [1.165, 1.54) is 0 Å². The largest absolute Gasteiger partial charge is 0.493 e. The fourth-order valence-corrected chi connectivity index (χ4v) is 2.85. The maximum atomic E-state index is 5.60. The van der Waals surface area contributed by atoms with Crippen LogP contribution in [-0.4, -0.2) is 45.8 Å². The summed E-state index contributed by atoms with van der Waals surface area (Å²) < 4.78 is 10.9. The predicted octanol–water partition coefficient (Wildman–Crippen LogP) is 3.42. The number of thiazole rings is 1. The molecule has 0 saturated heterocycles. The Hall–Kier alpha value is -1.75. The number of nitrogens with one attached hydrogen (secondary N) is 2. The van der Waals surface area contributed by atoms with E-state index in [1.54, 1.807) is 25.5 Å². The molecule has 0 fully saturated rings. The van der Waals surface area contributed by atoms with Crippen LogP contribution in [0.15, 0.2) is 28.6 Å². The number of guanidine groups is 1. The average Bonchev–Trinajstić information content (AvgIpc) is 3.08. The van der Waals surface area contributed by atoms with Crippen LogP contribution in [0.4, 0.5) is 10.8 Å². The van der Waals surface area contributed by atoms with E-state index in [0.717, 1.165) is 16.5 Å². The first-order valence-corrected chi connectivity index (χ1v) is 8.85. The third-order valence-electron chi connectivity index (χ3n) is 3.31. The Bertz CT molecular complexity index is 721. The fourth-order valence-electron chi connectivity index (χ4n) is 2.10.